The summed E-state index contributed by atoms with van der Waals surface area (Å²) in [6.07, 6.45) is 0. The Morgan fingerprint density at radius 2 is 1.67 bits per heavy atom. The van der Waals surface area contributed by atoms with Crippen molar-refractivity contribution in [3.63, 3.8) is 0 Å². The summed E-state index contributed by atoms with van der Waals surface area (Å²) in [6, 6.07) is 16.5. The van der Waals surface area contributed by atoms with Crippen LogP contribution < -0.4 is 0 Å². The van der Waals surface area contributed by atoms with Crippen LogP contribution in [-0.4, -0.2) is 57.9 Å². The van der Waals surface area contributed by atoms with Crippen molar-refractivity contribution in [1.29, 1.82) is 0 Å². The second kappa shape index (κ2) is 8.69. The van der Waals surface area contributed by atoms with Gasteiger partial charge in [-0.2, -0.15) is 0 Å². The van der Waals surface area contributed by atoms with Crippen LogP contribution in [0.4, 0.5) is 5.69 Å². The van der Waals surface area contributed by atoms with Gasteiger partial charge in [0.2, 0.25) is 0 Å². The van der Waals surface area contributed by atoms with Crippen LogP contribution in [0.5, 0.6) is 0 Å². The molecule has 0 amide bonds. The Kier molecular flexibility index (Phi) is 5.83. The second-order valence-corrected chi connectivity index (χ2v) is 7.71. The number of non-ortho nitro benzene ring substituents is 1. The number of nitrogens with zero attached hydrogens (tertiary/aromatic N) is 5. The lowest BCUT2D eigenvalue weighted by Gasteiger charge is -2.33. The number of benzene rings is 2. The molecule has 3 aromatic rings. The molecule has 0 aliphatic carbocycles. The lowest BCUT2D eigenvalue weighted by Crippen LogP contribution is -2.44. The maximum Gasteiger partial charge on any atom is 0.270 e. The van der Waals surface area contributed by atoms with E-state index in [1.165, 1.54) is 6.07 Å². The molecule has 0 unspecified atom stereocenters. The number of aryl methyl sites for hydroxylation is 1. The highest BCUT2D eigenvalue weighted by atomic mass is 16.6. The fraction of sp³-hybridized carbons (Fsp3) is 0.304. The number of aromatic nitrogens is 2. The highest BCUT2D eigenvalue weighted by Crippen LogP contribution is 2.30. The summed E-state index contributed by atoms with van der Waals surface area (Å²) in [5.74, 6) is 0.636. The van der Waals surface area contributed by atoms with Crippen LogP contribution in [0.2, 0.25) is 0 Å². The highest BCUT2D eigenvalue weighted by Gasteiger charge is 2.21. The van der Waals surface area contributed by atoms with Gasteiger partial charge in [0.05, 0.1) is 10.6 Å². The van der Waals surface area contributed by atoms with Crippen LogP contribution in [0.15, 0.2) is 54.6 Å². The SMILES string of the molecule is Cc1nc(-c2ccccc2)nc(-c2cccc([N+](=O)[O-])c2)c1CN1CCN(C)CC1. The maximum absolute atomic E-state index is 11.3. The molecule has 0 spiro atoms. The number of nitro groups is 1. The van der Waals surface area contributed by atoms with E-state index >= 15 is 0 Å². The van der Waals surface area contributed by atoms with Crippen molar-refractivity contribution in [1.82, 2.24) is 19.8 Å². The van der Waals surface area contributed by atoms with Gasteiger partial charge in [-0.05, 0) is 14.0 Å². The predicted octanol–water partition coefficient (Wildman–Crippen LogP) is 3.77. The fourth-order valence-electron chi connectivity index (χ4n) is 3.74. The number of nitro benzene ring substituents is 1. The lowest BCUT2D eigenvalue weighted by molar-refractivity contribution is -0.384. The average molecular weight is 403 g/mol. The van der Waals surface area contributed by atoms with Crippen LogP contribution in [0.25, 0.3) is 22.6 Å². The van der Waals surface area contributed by atoms with E-state index in [4.69, 9.17) is 9.97 Å². The first kappa shape index (κ1) is 20.1. The number of piperazine rings is 1. The van der Waals surface area contributed by atoms with E-state index in [0.717, 1.165) is 60.8 Å². The zero-order valence-electron chi connectivity index (χ0n) is 17.3. The van der Waals surface area contributed by atoms with Crippen LogP contribution in [0.3, 0.4) is 0 Å². The lowest BCUT2D eigenvalue weighted by atomic mass is 10.0. The summed E-state index contributed by atoms with van der Waals surface area (Å²) in [5.41, 5.74) is 4.44. The molecule has 0 N–H and O–H groups in total. The molecule has 0 radical (unpaired) electrons. The third-order valence-electron chi connectivity index (χ3n) is 5.55. The first-order chi connectivity index (χ1) is 14.5. The Hall–Kier alpha value is -3.16. The first-order valence-electron chi connectivity index (χ1n) is 10.1. The molecule has 154 valence electrons. The van der Waals surface area contributed by atoms with E-state index in [1.807, 2.05) is 43.3 Å². The Balaban J connectivity index is 1.80. The third-order valence-corrected chi connectivity index (χ3v) is 5.55. The minimum Gasteiger partial charge on any atom is -0.304 e. The quantitative estimate of drug-likeness (QED) is 0.477. The fourth-order valence-corrected chi connectivity index (χ4v) is 3.74. The molecule has 1 saturated heterocycles. The summed E-state index contributed by atoms with van der Waals surface area (Å²) < 4.78 is 0. The van der Waals surface area contributed by atoms with Crippen molar-refractivity contribution in [2.45, 2.75) is 13.5 Å². The summed E-state index contributed by atoms with van der Waals surface area (Å²) in [6.45, 7) is 6.73. The first-order valence-corrected chi connectivity index (χ1v) is 10.1. The molecule has 0 atom stereocenters. The number of hydrogen-bond donors (Lipinski definition) is 0. The summed E-state index contributed by atoms with van der Waals surface area (Å²) in [4.78, 5) is 25.4. The smallest absolute Gasteiger partial charge is 0.270 e. The molecule has 0 saturated carbocycles. The van der Waals surface area contributed by atoms with Crippen molar-refractivity contribution in [2.75, 3.05) is 33.2 Å². The van der Waals surface area contributed by atoms with Crippen molar-refractivity contribution in [3.05, 3.63) is 76.0 Å². The van der Waals surface area contributed by atoms with Crippen LogP contribution in [-0.2, 0) is 6.54 Å². The van der Waals surface area contributed by atoms with E-state index in [9.17, 15) is 10.1 Å². The Labute approximate surface area is 176 Å². The van der Waals surface area contributed by atoms with E-state index < -0.39 is 0 Å². The third kappa shape index (κ3) is 4.37. The van der Waals surface area contributed by atoms with Crippen molar-refractivity contribution in [3.8, 4) is 22.6 Å². The molecule has 0 bridgehead atoms. The molecule has 2 aromatic carbocycles. The molecule has 1 aliphatic rings. The summed E-state index contributed by atoms with van der Waals surface area (Å²) in [5, 5.41) is 11.3. The largest absolute Gasteiger partial charge is 0.304 e. The van der Waals surface area contributed by atoms with E-state index in [1.54, 1.807) is 12.1 Å². The zero-order valence-corrected chi connectivity index (χ0v) is 17.3. The molecule has 7 heteroatoms. The minimum atomic E-state index is -0.365. The molecule has 30 heavy (non-hydrogen) atoms. The number of rotatable bonds is 5. The molecule has 1 aromatic heterocycles. The predicted molar refractivity (Wildman–Crippen MR) is 117 cm³/mol. The number of likely N-dealkylation sites (N-methyl/N-ethyl adjacent to an activating group) is 1. The Morgan fingerprint density at radius 1 is 0.967 bits per heavy atom. The summed E-state index contributed by atoms with van der Waals surface area (Å²) >= 11 is 0. The van der Waals surface area contributed by atoms with Crippen LogP contribution >= 0.6 is 0 Å². The maximum atomic E-state index is 11.3. The standard InChI is InChI=1S/C23H25N5O2/c1-17-21(16-27-13-11-26(2)12-14-27)22(19-9-6-10-20(15-19)28(29)30)25-23(24-17)18-7-4-3-5-8-18/h3-10,15H,11-14,16H2,1-2H3. The zero-order chi connectivity index (χ0) is 21.1. The molecular weight excluding hydrogens is 378 g/mol. The molecule has 7 nitrogen and oxygen atoms in total. The van der Waals surface area contributed by atoms with Gasteiger partial charge >= 0.3 is 0 Å². The highest BCUT2D eigenvalue weighted by molar-refractivity contribution is 5.69. The molecule has 1 aliphatic heterocycles. The molecule has 2 heterocycles. The van der Waals surface area contributed by atoms with Crippen LogP contribution in [0.1, 0.15) is 11.3 Å². The van der Waals surface area contributed by atoms with E-state index in [-0.39, 0.29) is 10.6 Å². The minimum absolute atomic E-state index is 0.0653. The van der Waals surface area contributed by atoms with Gasteiger partial charge < -0.3 is 4.90 Å². The van der Waals surface area contributed by atoms with Gasteiger partial charge in [-0.1, -0.05) is 42.5 Å². The van der Waals surface area contributed by atoms with Crippen molar-refractivity contribution >= 4 is 5.69 Å². The van der Waals surface area contributed by atoms with Gasteiger partial charge in [-0.3, -0.25) is 15.0 Å². The van der Waals surface area contributed by atoms with Gasteiger partial charge in [-0.15, -0.1) is 0 Å². The monoisotopic (exact) mass is 403 g/mol. The molecule has 4 rings (SSSR count). The van der Waals surface area contributed by atoms with Crippen molar-refractivity contribution in [2.24, 2.45) is 0 Å². The summed E-state index contributed by atoms with van der Waals surface area (Å²) in [7, 11) is 2.13. The van der Waals surface area contributed by atoms with Gasteiger partial charge in [-0.25, -0.2) is 9.97 Å². The second-order valence-electron chi connectivity index (χ2n) is 7.71. The average Bonchev–Trinajstić information content (AvgIpc) is 2.77. The topological polar surface area (TPSA) is 75.4 Å². The van der Waals surface area contributed by atoms with E-state index in [2.05, 4.69) is 16.8 Å². The number of hydrogen-bond acceptors (Lipinski definition) is 6. The van der Waals surface area contributed by atoms with Gasteiger partial charge in [0.15, 0.2) is 5.82 Å². The van der Waals surface area contributed by atoms with Gasteiger partial charge in [0.1, 0.15) is 0 Å². The molecular formula is C23H25N5O2. The Morgan fingerprint density at radius 3 is 2.37 bits per heavy atom. The normalized spacial score (nSPS) is 15.3. The van der Waals surface area contributed by atoms with Gasteiger partial charge in [0, 0.05) is 67.2 Å². The van der Waals surface area contributed by atoms with Gasteiger partial charge in [0.25, 0.3) is 5.69 Å². The van der Waals surface area contributed by atoms with Crippen LogP contribution in [0, 0.1) is 17.0 Å². The Bertz CT molecular complexity index is 1050. The van der Waals surface area contributed by atoms with E-state index in [0.29, 0.717) is 5.82 Å². The van der Waals surface area contributed by atoms with Crippen molar-refractivity contribution < 1.29 is 4.92 Å². The molecule has 1 fully saturated rings.